The first-order valence-corrected chi connectivity index (χ1v) is 8.12. The Kier molecular flexibility index (Phi) is 4.85. The van der Waals surface area contributed by atoms with Crippen molar-refractivity contribution in [1.29, 1.82) is 5.26 Å². The lowest BCUT2D eigenvalue weighted by atomic mass is 10.1. The van der Waals surface area contributed by atoms with Crippen molar-refractivity contribution in [3.8, 4) is 17.6 Å². The van der Waals surface area contributed by atoms with Crippen molar-refractivity contribution in [2.75, 3.05) is 25.1 Å². The van der Waals surface area contributed by atoms with E-state index in [1.54, 1.807) is 13.3 Å². The van der Waals surface area contributed by atoms with E-state index in [1.165, 1.54) is 0 Å². The van der Waals surface area contributed by atoms with Crippen LogP contribution in [0.4, 0.5) is 5.69 Å². The molecule has 1 aromatic carbocycles. The predicted molar refractivity (Wildman–Crippen MR) is 92.5 cm³/mol. The number of nitrogens with zero attached hydrogens (tertiary/aromatic N) is 3. The second-order valence-electron chi connectivity index (χ2n) is 5.93. The number of aryl methyl sites for hydroxylation is 1. The number of pyridine rings is 1. The van der Waals surface area contributed by atoms with E-state index in [-0.39, 0.29) is 6.10 Å². The first-order chi connectivity index (χ1) is 11.7. The summed E-state index contributed by atoms with van der Waals surface area (Å²) in [5, 5.41) is 9.34. The SMILES string of the molecule is COc1ccccc1OC1CCCN(c2cc(C)ncc2C#N)C1. The summed E-state index contributed by atoms with van der Waals surface area (Å²) in [6.07, 6.45) is 3.72. The van der Waals surface area contributed by atoms with Gasteiger partial charge in [-0.1, -0.05) is 12.1 Å². The smallest absolute Gasteiger partial charge is 0.161 e. The van der Waals surface area contributed by atoms with Crippen LogP contribution in [-0.4, -0.2) is 31.3 Å². The number of nitriles is 1. The van der Waals surface area contributed by atoms with Crippen LogP contribution in [0, 0.1) is 18.3 Å². The standard InChI is InChI=1S/C19H21N3O2/c1-14-10-17(15(11-20)12-21-14)22-9-5-6-16(13-22)24-19-8-4-3-7-18(19)23-2/h3-4,7-8,10,12,16H,5-6,9,13H2,1-2H3. The van der Waals surface area contributed by atoms with E-state index in [4.69, 9.17) is 9.47 Å². The molecule has 5 heteroatoms. The van der Waals surface area contributed by atoms with E-state index in [1.807, 2.05) is 37.3 Å². The molecule has 0 radical (unpaired) electrons. The van der Waals surface area contributed by atoms with Gasteiger partial charge in [-0.2, -0.15) is 5.26 Å². The lowest BCUT2D eigenvalue weighted by Crippen LogP contribution is -2.41. The van der Waals surface area contributed by atoms with E-state index in [9.17, 15) is 5.26 Å². The minimum Gasteiger partial charge on any atom is -0.493 e. The Hall–Kier alpha value is -2.74. The highest BCUT2D eigenvalue weighted by atomic mass is 16.5. The molecular weight excluding hydrogens is 302 g/mol. The maximum Gasteiger partial charge on any atom is 0.161 e. The quantitative estimate of drug-likeness (QED) is 0.864. The maximum atomic E-state index is 9.34. The van der Waals surface area contributed by atoms with Crippen LogP contribution in [0.15, 0.2) is 36.5 Å². The third-order valence-corrected chi connectivity index (χ3v) is 4.22. The van der Waals surface area contributed by atoms with Crippen molar-refractivity contribution in [2.45, 2.75) is 25.9 Å². The zero-order valence-corrected chi connectivity index (χ0v) is 14.0. The average Bonchev–Trinajstić information content (AvgIpc) is 2.62. The monoisotopic (exact) mass is 323 g/mol. The van der Waals surface area contributed by atoms with E-state index in [0.717, 1.165) is 48.8 Å². The van der Waals surface area contributed by atoms with Crippen molar-refractivity contribution in [3.63, 3.8) is 0 Å². The summed E-state index contributed by atoms with van der Waals surface area (Å²) in [6, 6.07) is 11.9. The Labute approximate surface area is 142 Å². The van der Waals surface area contributed by atoms with Gasteiger partial charge in [0, 0.05) is 18.4 Å². The number of piperidine rings is 1. The lowest BCUT2D eigenvalue weighted by molar-refractivity contribution is 0.172. The van der Waals surface area contributed by atoms with Gasteiger partial charge in [-0.3, -0.25) is 4.98 Å². The van der Waals surface area contributed by atoms with Gasteiger partial charge in [-0.05, 0) is 38.0 Å². The molecule has 1 aromatic heterocycles. The number of anilines is 1. The van der Waals surface area contributed by atoms with Gasteiger partial charge in [0.1, 0.15) is 12.2 Å². The molecule has 1 unspecified atom stereocenters. The number of benzene rings is 1. The molecule has 0 aliphatic carbocycles. The molecule has 0 saturated carbocycles. The Morgan fingerprint density at radius 3 is 2.83 bits per heavy atom. The molecule has 1 aliphatic heterocycles. The molecule has 2 heterocycles. The summed E-state index contributed by atoms with van der Waals surface area (Å²) in [4.78, 5) is 6.44. The van der Waals surface area contributed by atoms with Gasteiger partial charge in [-0.25, -0.2) is 0 Å². The Morgan fingerprint density at radius 1 is 1.29 bits per heavy atom. The Morgan fingerprint density at radius 2 is 2.08 bits per heavy atom. The summed E-state index contributed by atoms with van der Waals surface area (Å²) >= 11 is 0. The fourth-order valence-corrected chi connectivity index (χ4v) is 3.04. The summed E-state index contributed by atoms with van der Waals surface area (Å²) in [6.45, 7) is 3.61. The molecular formula is C19H21N3O2. The van der Waals surface area contributed by atoms with Crippen molar-refractivity contribution < 1.29 is 9.47 Å². The fraction of sp³-hybridized carbons (Fsp3) is 0.368. The third kappa shape index (κ3) is 3.43. The molecule has 0 N–H and O–H groups in total. The molecule has 1 fully saturated rings. The zero-order valence-electron chi connectivity index (χ0n) is 14.0. The number of hydrogen-bond donors (Lipinski definition) is 0. The first kappa shape index (κ1) is 16.1. The number of hydrogen-bond acceptors (Lipinski definition) is 5. The van der Waals surface area contributed by atoms with E-state index in [2.05, 4.69) is 16.0 Å². The van der Waals surface area contributed by atoms with Crippen LogP contribution in [0.2, 0.25) is 0 Å². The first-order valence-electron chi connectivity index (χ1n) is 8.12. The van der Waals surface area contributed by atoms with E-state index < -0.39 is 0 Å². The molecule has 2 aromatic rings. The molecule has 1 aliphatic rings. The van der Waals surface area contributed by atoms with Crippen LogP contribution in [0.5, 0.6) is 11.5 Å². The number of rotatable bonds is 4. The highest BCUT2D eigenvalue weighted by molar-refractivity contribution is 5.59. The summed E-state index contributed by atoms with van der Waals surface area (Å²) in [5.41, 5.74) is 2.47. The number of ether oxygens (including phenoxy) is 2. The normalized spacial score (nSPS) is 17.2. The minimum atomic E-state index is 0.0649. The van der Waals surface area contributed by atoms with Crippen LogP contribution in [0.25, 0.3) is 0 Å². The summed E-state index contributed by atoms with van der Waals surface area (Å²) in [7, 11) is 1.65. The van der Waals surface area contributed by atoms with Crippen molar-refractivity contribution in [1.82, 2.24) is 4.98 Å². The molecule has 5 nitrogen and oxygen atoms in total. The van der Waals surface area contributed by atoms with Gasteiger partial charge in [-0.15, -0.1) is 0 Å². The second kappa shape index (κ2) is 7.22. The number of aromatic nitrogens is 1. The van der Waals surface area contributed by atoms with Gasteiger partial charge in [0.2, 0.25) is 0 Å². The van der Waals surface area contributed by atoms with Crippen LogP contribution >= 0.6 is 0 Å². The number of methoxy groups -OCH3 is 1. The van der Waals surface area contributed by atoms with Crippen LogP contribution in [0.3, 0.4) is 0 Å². The largest absolute Gasteiger partial charge is 0.493 e. The minimum absolute atomic E-state index is 0.0649. The highest BCUT2D eigenvalue weighted by Crippen LogP contribution is 2.30. The van der Waals surface area contributed by atoms with Crippen molar-refractivity contribution in [2.24, 2.45) is 0 Å². The molecule has 1 saturated heterocycles. The zero-order chi connectivity index (χ0) is 16.9. The van der Waals surface area contributed by atoms with Gasteiger partial charge >= 0.3 is 0 Å². The van der Waals surface area contributed by atoms with E-state index >= 15 is 0 Å². The highest BCUT2D eigenvalue weighted by Gasteiger charge is 2.24. The topological polar surface area (TPSA) is 58.4 Å². The molecule has 124 valence electrons. The van der Waals surface area contributed by atoms with Gasteiger partial charge in [0.25, 0.3) is 0 Å². The van der Waals surface area contributed by atoms with Crippen LogP contribution in [0.1, 0.15) is 24.1 Å². The molecule has 1 atom stereocenters. The number of para-hydroxylation sites is 2. The Balaban J connectivity index is 1.78. The Bertz CT molecular complexity index is 755. The maximum absolute atomic E-state index is 9.34. The molecule has 0 bridgehead atoms. The third-order valence-electron chi connectivity index (χ3n) is 4.22. The molecule has 0 spiro atoms. The van der Waals surface area contributed by atoms with Crippen molar-refractivity contribution in [3.05, 3.63) is 47.8 Å². The fourth-order valence-electron chi connectivity index (χ4n) is 3.04. The average molecular weight is 323 g/mol. The van der Waals surface area contributed by atoms with Gasteiger partial charge in [0.15, 0.2) is 11.5 Å². The molecule has 24 heavy (non-hydrogen) atoms. The van der Waals surface area contributed by atoms with Crippen LogP contribution < -0.4 is 14.4 Å². The summed E-state index contributed by atoms with van der Waals surface area (Å²) < 4.78 is 11.5. The molecule has 3 rings (SSSR count). The lowest BCUT2D eigenvalue weighted by Gasteiger charge is -2.35. The van der Waals surface area contributed by atoms with Gasteiger partial charge in [0.05, 0.1) is 24.9 Å². The second-order valence-corrected chi connectivity index (χ2v) is 5.93. The summed E-state index contributed by atoms with van der Waals surface area (Å²) in [5.74, 6) is 1.50. The molecule has 0 amide bonds. The van der Waals surface area contributed by atoms with Crippen LogP contribution in [-0.2, 0) is 0 Å². The van der Waals surface area contributed by atoms with Crippen molar-refractivity contribution >= 4 is 5.69 Å². The van der Waals surface area contributed by atoms with E-state index in [0.29, 0.717) is 5.56 Å². The predicted octanol–water partition coefficient (Wildman–Crippen LogP) is 3.32. The van der Waals surface area contributed by atoms with Gasteiger partial charge < -0.3 is 14.4 Å².